The van der Waals surface area contributed by atoms with Crippen LogP contribution in [0, 0.1) is 0 Å². The molecule has 1 aliphatic heterocycles. The molecule has 1 fully saturated rings. The van der Waals surface area contributed by atoms with Crippen molar-refractivity contribution in [3.63, 3.8) is 0 Å². The molecule has 70 valence electrons. The summed E-state index contributed by atoms with van der Waals surface area (Å²) in [6.07, 6.45) is 6.01. The van der Waals surface area contributed by atoms with Gasteiger partial charge >= 0.3 is 0 Å². The standard InChI is InChI=1S/C8H15NO2S/c9-6-2-1-4-8-5-3-7-12(8,10)11/h1,4,8H,2-3,5-7,9H2/b4-1-. The smallest absolute Gasteiger partial charge is 0.156 e. The first-order chi connectivity index (χ1) is 5.67. The largest absolute Gasteiger partial charge is 0.330 e. The van der Waals surface area contributed by atoms with E-state index in [9.17, 15) is 8.42 Å². The van der Waals surface area contributed by atoms with Crippen LogP contribution in [0.5, 0.6) is 0 Å². The number of hydrogen-bond donors (Lipinski definition) is 1. The normalized spacial score (nSPS) is 28.2. The summed E-state index contributed by atoms with van der Waals surface area (Å²) in [7, 11) is -2.80. The molecule has 1 heterocycles. The third kappa shape index (κ3) is 2.32. The van der Waals surface area contributed by atoms with Gasteiger partial charge in [-0.05, 0) is 25.8 Å². The molecular formula is C8H15NO2S. The summed E-state index contributed by atoms with van der Waals surface area (Å²) in [5.41, 5.74) is 5.28. The number of nitrogens with two attached hydrogens (primary N) is 1. The predicted molar refractivity (Wildman–Crippen MR) is 49.6 cm³/mol. The summed E-state index contributed by atoms with van der Waals surface area (Å²) >= 11 is 0. The van der Waals surface area contributed by atoms with Gasteiger partial charge in [0.15, 0.2) is 9.84 Å². The highest BCUT2D eigenvalue weighted by Crippen LogP contribution is 2.20. The van der Waals surface area contributed by atoms with Gasteiger partial charge in [0.1, 0.15) is 0 Å². The van der Waals surface area contributed by atoms with Gasteiger partial charge in [0.25, 0.3) is 0 Å². The van der Waals surface area contributed by atoms with Gasteiger partial charge in [0, 0.05) is 0 Å². The highest BCUT2D eigenvalue weighted by Gasteiger charge is 2.28. The van der Waals surface area contributed by atoms with E-state index in [1.54, 1.807) is 6.08 Å². The minimum absolute atomic E-state index is 0.232. The highest BCUT2D eigenvalue weighted by molar-refractivity contribution is 7.92. The van der Waals surface area contributed by atoms with Gasteiger partial charge in [-0.1, -0.05) is 12.2 Å². The lowest BCUT2D eigenvalue weighted by Crippen LogP contribution is -2.12. The number of hydrogen-bond acceptors (Lipinski definition) is 3. The Balaban J connectivity index is 2.53. The summed E-state index contributed by atoms with van der Waals surface area (Å²) in [5.74, 6) is 0.352. The van der Waals surface area contributed by atoms with Crippen molar-refractivity contribution < 1.29 is 8.42 Å². The number of sulfone groups is 1. The lowest BCUT2D eigenvalue weighted by atomic mass is 10.2. The molecule has 2 N–H and O–H groups in total. The van der Waals surface area contributed by atoms with Crippen LogP contribution >= 0.6 is 0 Å². The maximum absolute atomic E-state index is 11.3. The van der Waals surface area contributed by atoms with E-state index in [0.717, 1.165) is 19.3 Å². The summed E-state index contributed by atoms with van der Waals surface area (Å²) in [5, 5.41) is -0.232. The zero-order chi connectivity index (χ0) is 9.03. The maximum atomic E-state index is 11.3. The third-order valence-corrected chi connectivity index (χ3v) is 4.24. The molecule has 0 saturated carbocycles. The highest BCUT2D eigenvalue weighted by atomic mass is 32.2. The van der Waals surface area contributed by atoms with Crippen LogP contribution in [0.4, 0.5) is 0 Å². The van der Waals surface area contributed by atoms with Crippen LogP contribution in [0.25, 0.3) is 0 Å². The van der Waals surface area contributed by atoms with Crippen molar-refractivity contribution in [3.05, 3.63) is 12.2 Å². The molecule has 0 amide bonds. The average molecular weight is 189 g/mol. The van der Waals surface area contributed by atoms with Gasteiger partial charge in [-0.2, -0.15) is 0 Å². The Labute approximate surface area is 73.6 Å². The maximum Gasteiger partial charge on any atom is 0.156 e. The zero-order valence-corrected chi connectivity index (χ0v) is 7.89. The molecule has 1 aliphatic rings. The fraction of sp³-hybridized carbons (Fsp3) is 0.750. The van der Waals surface area contributed by atoms with Gasteiger partial charge < -0.3 is 5.73 Å². The van der Waals surface area contributed by atoms with Crippen molar-refractivity contribution in [2.24, 2.45) is 5.73 Å². The Hall–Kier alpha value is -0.350. The Morgan fingerprint density at radius 2 is 2.25 bits per heavy atom. The molecule has 4 heteroatoms. The first-order valence-corrected chi connectivity index (χ1v) is 5.96. The fourth-order valence-corrected chi connectivity index (χ4v) is 3.12. The van der Waals surface area contributed by atoms with Crippen LogP contribution < -0.4 is 5.73 Å². The second-order valence-corrected chi connectivity index (χ2v) is 5.39. The Kier molecular flexibility index (Phi) is 3.29. The molecule has 0 spiro atoms. The Morgan fingerprint density at radius 3 is 2.75 bits per heavy atom. The monoisotopic (exact) mass is 189 g/mol. The SMILES string of the molecule is NCC/C=C\C1CCCS1(=O)=O. The molecule has 12 heavy (non-hydrogen) atoms. The van der Waals surface area contributed by atoms with Gasteiger partial charge in [-0.15, -0.1) is 0 Å². The van der Waals surface area contributed by atoms with Crippen molar-refractivity contribution in [3.8, 4) is 0 Å². The van der Waals surface area contributed by atoms with Crippen molar-refractivity contribution in [1.82, 2.24) is 0 Å². The van der Waals surface area contributed by atoms with Crippen molar-refractivity contribution in [2.75, 3.05) is 12.3 Å². The first-order valence-electron chi connectivity index (χ1n) is 4.25. The molecule has 0 aliphatic carbocycles. The summed E-state index contributed by atoms with van der Waals surface area (Å²) in [6.45, 7) is 0.587. The number of rotatable bonds is 3. The lowest BCUT2D eigenvalue weighted by molar-refractivity contribution is 0.597. The Morgan fingerprint density at radius 1 is 1.50 bits per heavy atom. The van der Waals surface area contributed by atoms with Crippen molar-refractivity contribution in [1.29, 1.82) is 0 Å². The molecule has 1 unspecified atom stereocenters. The summed E-state index contributed by atoms with van der Waals surface area (Å²) in [4.78, 5) is 0. The van der Waals surface area contributed by atoms with Gasteiger partial charge in [0.2, 0.25) is 0 Å². The van der Waals surface area contributed by atoms with E-state index in [4.69, 9.17) is 5.73 Å². The third-order valence-electron chi connectivity index (χ3n) is 2.06. The second-order valence-electron chi connectivity index (χ2n) is 3.05. The van der Waals surface area contributed by atoms with E-state index in [1.807, 2.05) is 6.08 Å². The Bertz CT molecular complexity index is 256. The predicted octanol–water partition coefficient (Wildman–Crippen LogP) is 0.469. The summed E-state index contributed by atoms with van der Waals surface area (Å²) in [6, 6.07) is 0. The molecule has 0 aromatic carbocycles. The summed E-state index contributed by atoms with van der Waals surface area (Å²) < 4.78 is 22.5. The van der Waals surface area contributed by atoms with E-state index in [-0.39, 0.29) is 5.25 Å². The van der Waals surface area contributed by atoms with Gasteiger partial charge in [-0.3, -0.25) is 0 Å². The van der Waals surface area contributed by atoms with E-state index >= 15 is 0 Å². The molecule has 0 aromatic heterocycles. The van der Waals surface area contributed by atoms with Crippen LogP contribution in [0.3, 0.4) is 0 Å². The van der Waals surface area contributed by atoms with Crippen LogP contribution in [0.1, 0.15) is 19.3 Å². The van der Waals surface area contributed by atoms with E-state index in [0.29, 0.717) is 12.3 Å². The molecule has 0 aromatic rings. The average Bonchev–Trinajstić information content (AvgIpc) is 2.32. The van der Waals surface area contributed by atoms with Crippen molar-refractivity contribution >= 4 is 9.84 Å². The molecule has 1 saturated heterocycles. The molecule has 0 radical (unpaired) electrons. The van der Waals surface area contributed by atoms with E-state index in [2.05, 4.69) is 0 Å². The van der Waals surface area contributed by atoms with E-state index < -0.39 is 9.84 Å². The van der Waals surface area contributed by atoms with Gasteiger partial charge in [-0.25, -0.2) is 8.42 Å². The minimum atomic E-state index is -2.80. The molecule has 1 rings (SSSR count). The van der Waals surface area contributed by atoms with Crippen LogP contribution in [0.15, 0.2) is 12.2 Å². The molecule has 0 bridgehead atoms. The quantitative estimate of drug-likeness (QED) is 0.656. The van der Waals surface area contributed by atoms with Crippen molar-refractivity contribution in [2.45, 2.75) is 24.5 Å². The van der Waals surface area contributed by atoms with Crippen LogP contribution in [-0.2, 0) is 9.84 Å². The molecular weight excluding hydrogens is 174 g/mol. The lowest BCUT2D eigenvalue weighted by Gasteiger charge is -2.00. The zero-order valence-electron chi connectivity index (χ0n) is 7.07. The molecule has 3 nitrogen and oxygen atoms in total. The van der Waals surface area contributed by atoms with E-state index in [1.165, 1.54) is 0 Å². The minimum Gasteiger partial charge on any atom is -0.330 e. The first kappa shape index (κ1) is 9.74. The topological polar surface area (TPSA) is 60.2 Å². The fourth-order valence-electron chi connectivity index (χ4n) is 1.38. The van der Waals surface area contributed by atoms with Gasteiger partial charge in [0.05, 0.1) is 11.0 Å². The molecule has 1 atom stereocenters. The van der Waals surface area contributed by atoms with Crippen LogP contribution in [0.2, 0.25) is 0 Å². The second kappa shape index (κ2) is 4.05. The van der Waals surface area contributed by atoms with Crippen LogP contribution in [-0.4, -0.2) is 26.0 Å².